The van der Waals surface area contributed by atoms with E-state index < -0.39 is 12.1 Å². The average Bonchev–Trinajstić information content (AvgIpc) is 2.25. The minimum atomic E-state index is -1.26. The van der Waals surface area contributed by atoms with Crippen molar-refractivity contribution in [1.82, 2.24) is 0 Å². The van der Waals surface area contributed by atoms with Crippen molar-refractivity contribution in [2.45, 2.75) is 32.3 Å². The van der Waals surface area contributed by atoms with Crippen LogP contribution in [0.15, 0.2) is 22.7 Å². The number of benzene rings is 1. The van der Waals surface area contributed by atoms with Crippen LogP contribution in [0.5, 0.6) is 0 Å². The van der Waals surface area contributed by atoms with E-state index in [2.05, 4.69) is 15.9 Å². The molecule has 0 saturated heterocycles. The second-order valence-electron chi connectivity index (χ2n) is 3.68. The fourth-order valence-electron chi connectivity index (χ4n) is 1.55. The van der Waals surface area contributed by atoms with Crippen molar-refractivity contribution >= 4 is 21.9 Å². The van der Waals surface area contributed by atoms with Gasteiger partial charge in [-0.05, 0) is 24.1 Å². The van der Waals surface area contributed by atoms with E-state index in [0.29, 0.717) is 16.5 Å². The third-order valence-corrected chi connectivity index (χ3v) is 2.92. The number of unbranched alkanes of at least 4 members (excludes halogenated alkanes) is 1. The molecular formula is C12H14BrNaO3. The van der Waals surface area contributed by atoms with Gasteiger partial charge in [0.15, 0.2) is 0 Å². The standard InChI is InChI=1S/C12H15BrO3.Na/c1-2-3-4-11(14)9-6-5-8(13)7-10(9)12(15)16;/h5-7,11,14H,2-4H2,1H3,(H,15,16);/q;+1/p-1/t11-;/m0./s1. The monoisotopic (exact) mass is 308 g/mol. The molecule has 0 aliphatic rings. The third-order valence-electron chi connectivity index (χ3n) is 2.43. The number of carbonyl (C=O) groups is 1. The number of carboxylic acids is 1. The Labute approximate surface area is 132 Å². The molecule has 1 rings (SSSR count). The summed E-state index contributed by atoms with van der Waals surface area (Å²) in [6.07, 6.45) is 1.66. The Hall–Kier alpha value is 0.130. The predicted molar refractivity (Wildman–Crippen MR) is 63.0 cm³/mol. The third kappa shape index (κ3) is 5.10. The first-order valence-corrected chi connectivity index (χ1v) is 6.04. The summed E-state index contributed by atoms with van der Waals surface area (Å²) in [7, 11) is 0. The summed E-state index contributed by atoms with van der Waals surface area (Å²) >= 11 is 3.19. The molecule has 88 valence electrons. The summed E-state index contributed by atoms with van der Waals surface area (Å²) in [6.45, 7) is 2.02. The summed E-state index contributed by atoms with van der Waals surface area (Å²) in [4.78, 5) is 10.9. The summed E-state index contributed by atoms with van der Waals surface area (Å²) in [5, 5.41) is 20.8. The van der Waals surface area contributed by atoms with Crippen LogP contribution < -0.4 is 34.7 Å². The minimum Gasteiger partial charge on any atom is -0.545 e. The van der Waals surface area contributed by atoms with E-state index in [0.717, 1.165) is 12.8 Å². The SMILES string of the molecule is CCCC[C@H](O)c1ccc(Br)cc1C(=O)[O-].[Na+]. The van der Waals surface area contributed by atoms with Gasteiger partial charge in [0.1, 0.15) is 0 Å². The van der Waals surface area contributed by atoms with Gasteiger partial charge in [-0.3, -0.25) is 0 Å². The van der Waals surface area contributed by atoms with Gasteiger partial charge in [-0.1, -0.05) is 41.8 Å². The molecule has 17 heavy (non-hydrogen) atoms. The van der Waals surface area contributed by atoms with Crippen molar-refractivity contribution in [2.75, 3.05) is 0 Å². The molecule has 1 atom stereocenters. The van der Waals surface area contributed by atoms with Gasteiger partial charge in [0.2, 0.25) is 0 Å². The number of rotatable bonds is 5. The molecule has 0 bridgehead atoms. The van der Waals surface area contributed by atoms with Crippen molar-refractivity contribution in [3.63, 3.8) is 0 Å². The molecule has 0 aliphatic heterocycles. The second-order valence-corrected chi connectivity index (χ2v) is 4.59. The molecule has 1 N–H and O–H groups in total. The smallest absolute Gasteiger partial charge is 0.545 e. The molecular weight excluding hydrogens is 295 g/mol. The summed E-state index contributed by atoms with van der Waals surface area (Å²) in [5.41, 5.74) is 0.481. The van der Waals surface area contributed by atoms with E-state index in [1.54, 1.807) is 12.1 Å². The van der Waals surface area contributed by atoms with Gasteiger partial charge in [-0.25, -0.2) is 0 Å². The number of aliphatic hydroxyl groups is 1. The van der Waals surface area contributed by atoms with E-state index in [4.69, 9.17) is 0 Å². The van der Waals surface area contributed by atoms with Gasteiger partial charge in [0.25, 0.3) is 0 Å². The maximum absolute atomic E-state index is 10.9. The minimum absolute atomic E-state index is 0. The molecule has 0 fully saturated rings. The number of carbonyl (C=O) groups excluding carboxylic acids is 1. The fourth-order valence-corrected chi connectivity index (χ4v) is 1.91. The van der Waals surface area contributed by atoms with Crippen LogP contribution in [0.3, 0.4) is 0 Å². The van der Waals surface area contributed by atoms with Crippen LogP contribution in [-0.2, 0) is 0 Å². The molecule has 1 aromatic rings. The molecule has 0 aromatic heterocycles. The quantitative estimate of drug-likeness (QED) is 0.713. The van der Waals surface area contributed by atoms with Crippen molar-refractivity contribution < 1.29 is 44.6 Å². The molecule has 0 aliphatic carbocycles. The Bertz CT molecular complexity index is 382. The number of aromatic carboxylic acids is 1. The number of aliphatic hydroxyl groups excluding tert-OH is 1. The zero-order chi connectivity index (χ0) is 12.1. The van der Waals surface area contributed by atoms with Gasteiger partial charge in [0, 0.05) is 10.0 Å². The van der Waals surface area contributed by atoms with Crippen LogP contribution in [0.2, 0.25) is 0 Å². The van der Waals surface area contributed by atoms with E-state index in [9.17, 15) is 15.0 Å². The van der Waals surface area contributed by atoms with Crippen molar-refractivity contribution in [3.05, 3.63) is 33.8 Å². The van der Waals surface area contributed by atoms with Crippen LogP contribution in [-0.4, -0.2) is 11.1 Å². The van der Waals surface area contributed by atoms with Gasteiger partial charge >= 0.3 is 29.6 Å². The van der Waals surface area contributed by atoms with Crippen LogP contribution in [0.4, 0.5) is 0 Å². The Kier molecular flexibility index (Phi) is 8.33. The second kappa shape index (κ2) is 8.27. The maximum Gasteiger partial charge on any atom is 1.00 e. The zero-order valence-corrected chi connectivity index (χ0v) is 13.7. The predicted octanol–water partition coefficient (Wildman–Crippen LogP) is -0.960. The Morgan fingerprint density at radius 1 is 1.53 bits per heavy atom. The topological polar surface area (TPSA) is 60.4 Å². The van der Waals surface area contributed by atoms with E-state index >= 15 is 0 Å². The number of halogens is 1. The van der Waals surface area contributed by atoms with Gasteiger partial charge in [-0.2, -0.15) is 0 Å². The molecule has 0 saturated carbocycles. The number of carboxylic acid groups (broad SMARTS) is 1. The molecule has 0 amide bonds. The van der Waals surface area contributed by atoms with Crippen LogP contribution in [0.25, 0.3) is 0 Å². The van der Waals surface area contributed by atoms with Crippen molar-refractivity contribution in [1.29, 1.82) is 0 Å². The van der Waals surface area contributed by atoms with Gasteiger partial charge in [0.05, 0.1) is 12.1 Å². The first-order chi connectivity index (χ1) is 7.56. The fraction of sp³-hybridized carbons (Fsp3) is 0.417. The first kappa shape index (κ1) is 17.1. The Morgan fingerprint density at radius 3 is 2.71 bits per heavy atom. The normalized spacial score (nSPS) is 11.7. The molecule has 0 heterocycles. The summed E-state index contributed by atoms with van der Waals surface area (Å²) in [6, 6.07) is 4.80. The molecule has 0 unspecified atom stereocenters. The molecule has 0 spiro atoms. The van der Waals surface area contributed by atoms with Crippen LogP contribution >= 0.6 is 15.9 Å². The number of hydrogen-bond acceptors (Lipinski definition) is 3. The molecule has 3 nitrogen and oxygen atoms in total. The molecule has 0 radical (unpaired) electrons. The van der Waals surface area contributed by atoms with E-state index in [1.807, 2.05) is 6.92 Å². The number of hydrogen-bond donors (Lipinski definition) is 1. The summed E-state index contributed by atoms with van der Waals surface area (Å²) < 4.78 is 0.665. The van der Waals surface area contributed by atoms with Crippen LogP contribution in [0, 0.1) is 0 Å². The molecule has 1 aromatic carbocycles. The summed E-state index contributed by atoms with van der Waals surface area (Å²) in [5.74, 6) is -1.26. The van der Waals surface area contributed by atoms with Gasteiger partial charge in [-0.15, -0.1) is 0 Å². The van der Waals surface area contributed by atoms with Crippen molar-refractivity contribution in [3.8, 4) is 0 Å². The Morgan fingerprint density at radius 2 is 2.18 bits per heavy atom. The maximum atomic E-state index is 10.9. The van der Waals surface area contributed by atoms with Gasteiger partial charge < -0.3 is 15.0 Å². The van der Waals surface area contributed by atoms with Crippen molar-refractivity contribution in [2.24, 2.45) is 0 Å². The first-order valence-electron chi connectivity index (χ1n) is 5.25. The largest absolute Gasteiger partial charge is 1.00 e. The average molecular weight is 309 g/mol. The van der Waals surface area contributed by atoms with E-state index in [-0.39, 0.29) is 35.1 Å². The van der Waals surface area contributed by atoms with Crippen LogP contribution in [0.1, 0.15) is 48.2 Å². The molecule has 5 heteroatoms. The zero-order valence-electron chi connectivity index (χ0n) is 10.1. The Balaban J connectivity index is 0.00000256. The van der Waals surface area contributed by atoms with E-state index in [1.165, 1.54) is 6.07 Å².